The van der Waals surface area contributed by atoms with Gasteiger partial charge in [0.1, 0.15) is 5.69 Å². The van der Waals surface area contributed by atoms with E-state index in [1.54, 1.807) is 0 Å². The number of carbonyl (C=O) groups excluding carboxylic acids is 2. The molecule has 2 aliphatic rings. The number of carbonyl (C=O) groups is 2. The Bertz CT molecular complexity index is 637. The molecule has 0 radical (unpaired) electrons. The van der Waals surface area contributed by atoms with E-state index in [1.165, 1.54) is 0 Å². The number of nitrogens with zero attached hydrogens (tertiary/aromatic N) is 3. The van der Waals surface area contributed by atoms with Gasteiger partial charge in [-0.15, -0.1) is 0 Å². The molecule has 0 bridgehead atoms. The van der Waals surface area contributed by atoms with E-state index in [0.717, 1.165) is 70.8 Å². The summed E-state index contributed by atoms with van der Waals surface area (Å²) in [6.45, 7) is 8.03. The van der Waals surface area contributed by atoms with Gasteiger partial charge in [0.2, 0.25) is 0 Å². The van der Waals surface area contributed by atoms with Crippen LogP contribution in [0.25, 0.3) is 0 Å². The van der Waals surface area contributed by atoms with Crippen molar-refractivity contribution in [3.05, 3.63) is 17.2 Å². The molecule has 1 saturated heterocycles. The highest BCUT2D eigenvalue weighted by Crippen LogP contribution is 2.21. The van der Waals surface area contributed by atoms with Gasteiger partial charge in [0.15, 0.2) is 5.82 Å². The fourth-order valence-corrected chi connectivity index (χ4v) is 3.45. The largest absolute Gasteiger partial charge is 0.379 e. The molecule has 0 aliphatic carbocycles. The number of morpholine rings is 1. The van der Waals surface area contributed by atoms with Crippen molar-refractivity contribution in [2.24, 2.45) is 0 Å². The van der Waals surface area contributed by atoms with Crippen molar-refractivity contribution in [3.63, 3.8) is 0 Å². The van der Waals surface area contributed by atoms with E-state index in [0.29, 0.717) is 24.6 Å². The van der Waals surface area contributed by atoms with Crippen LogP contribution in [0.15, 0.2) is 0 Å². The number of aromatic nitrogens is 2. The first-order valence-corrected chi connectivity index (χ1v) is 9.66. The Morgan fingerprint density at radius 1 is 1.08 bits per heavy atom. The van der Waals surface area contributed by atoms with Crippen LogP contribution in [-0.2, 0) is 17.7 Å². The van der Waals surface area contributed by atoms with Crippen molar-refractivity contribution in [2.45, 2.75) is 39.2 Å². The van der Waals surface area contributed by atoms with Gasteiger partial charge in [0.25, 0.3) is 11.8 Å². The van der Waals surface area contributed by atoms with Crippen LogP contribution in [0.2, 0.25) is 0 Å². The predicted octanol–water partition coefficient (Wildman–Crippen LogP) is 0.421. The summed E-state index contributed by atoms with van der Waals surface area (Å²) >= 11 is 0. The molecule has 3 rings (SSSR count). The van der Waals surface area contributed by atoms with Gasteiger partial charge in [0.05, 0.1) is 18.9 Å². The van der Waals surface area contributed by atoms with Gasteiger partial charge < -0.3 is 19.9 Å². The maximum Gasteiger partial charge on any atom is 0.287 e. The lowest BCUT2D eigenvalue weighted by Crippen LogP contribution is -2.41. The SMILES string of the molecule is CCCNC(=O)c1nc(C(=O)NCCN2CCOCC2)n2c1CCCC2. The molecule has 0 saturated carbocycles. The minimum atomic E-state index is -0.198. The smallest absolute Gasteiger partial charge is 0.287 e. The van der Waals surface area contributed by atoms with Crippen molar-refractivity contribution in [2.75, 3.05) is 45.9 Å². The molecule has 3 heterocycles. The number of nitrogens with one attached hydrogen (secondary N) is 2. The van der Waals surface area contributed by atoms with Gasteiger partial charge in [-0.25, -0.2) is 4.98 Å². The molecule has 1 aromatic rings. The highest BCUT2D eigenvalue weighted by molar-refractivity contribution is 5.97. The summed E-state index contributed by atoms with van der Waals surface area (Å²) in [5, 5.41) is 5.83. The van der Waals surface area contributed by atoms with E-state index < -0.39 is 0 Å². The summed E-state index contributed by atoms with van der Waals surface area (Å²) in [6.07, 6.45) is 3.70. The second-order valence-electron chi connectivity index (χ2n) is 6.81. The standard InChI is InChI=1S/C18H29N5O3/c1-2-6-19-17(24)15-14-5-3-4-8-23(14)16(21-15)18(25)20-7-9-22-10-12-26-13-11-22/h2-13H2,1H3,(H,19,24)(H,20,25). The number of imidazole rings is 1. The Morgan fingerprint density at radius 3 is 2.62 bits per heavy atom. The zero-order valence-electron chi connectivity index (χ0n) is 15.6. The van der Waals surface area contributed by atoms with Crippen molar-refractivity contribution < 1.29 is 14.3 Å². The summed E-state index contributed by atoms with van der Waals surface area (Å²) in [6, 6.07) is 0. The first kappa shape index (κ1) is 18.8. The quantitative estimate of drug-likeness (QED) is 0.733. The van der Waals surface area contributed by atoms with Crippen LogP contribution in [0.4, 0.5) is 0 Å². The molecule has 144 valence electrons. The summed E-state index contributed by atoms with van der Waals surface area (Å²) in [7, 11) is 0. The van der Waals surface area contributed by atoms with Gasteiger partial charge in [-0.2, -0.15) is 0 Å². The monoisotopic (exact) mass is 363 g/mol. The third kappa shape index (κ3) is 4.42. The van der Waals surface area contributed by atoms with Crippen LogP contribution in [0.1, 0.15) is 53.0 Å². The Kier molecular flexibility index (Phi) is 6.62. The number of hydrogen-bond donors (Lipinski definition) is 2. The van der Waals surface area contributed by atoms with Crippen LogP contribution in [-0.4, -0.2) is 72.2 Å². The van der Waals surface area contributed by atoms with Crippen LogP contribution >= 0.6 is 0 Å². The minimum Gasteiger partial charge on any atom is -0.379 e. The molecule has 2 amide bonds. The van der Waals surface area contributed by atoms with E-state index in [1.807, 2.05) is 11.5 Å². The van der Waals surface area contributed by atoms with E-state index in [9.17, 15) is 9.59 Å². The van der Waals surface area contributed by atoms with E-state index in [2.05, 4.69) is 20.5 Å². The fourth-order valence-electron chi connectivity index (χ4n) is 3.45. The number of fused-ring (bicyclic) bond motifs is 1. The first-order valence-electron chi connectivity index (χ1n) is 9.66. The summed E-state index contributed by atoms with van der Waals surface area (Å²) < 4.78 is 7.26. The molecular formula is C18H29N5O3. The van der Waals surface area contributed by atoms with Crippen LogP contribution < -0.4 is 10.6 Å². The zero-order valence-corrected chi connectivity index (χ0v) is 15.6. The molecule has 8 nitrogen and oxygen atoms in total. The predicted molar refractivity (Wildman–Crippen MR) is 97.4 cm³/mol. The third-order valence-electron chi connectivity index (χ3n) is 4.89. The molecule has 0 spiro atoms. The molecule has 0 atom stereocenters. The van der Waals surface area contributed by atoms with Gasteiger partial charge in [-0.05, 0) is 25.7 Å². The highest BCUT2D eigenvalue weighted by atomic mass is 16.5. The van der Waals surface area contributed by atoms with Crippen molar-refractivity contribution >= 4 is 11.8 Å². The number of hydrogen-bond acceptors (Lipinski definition) is 5. The maximum absolute atomic E-state index is 12.6. The second-order valence-corrected chi connectivity index (χ2v) is 6.81. The third-order valence-corrected chi connectivity index (χ3v) is 4.89. The lowest BCUT2D eigenvalue weighted by molar-refractivity contribution is 0.0383. The highest BCUT2D eigenvalue weighted by Gasteiger charge is 2.27. The molecule has 26 heavy (non-hydrogen) atoms. The molecular weight excluding hydrogens is 334 g/mol. The van der Waals surface area contributed by atoms with Crippen LogP contribution in [0, 0.1) is 0 Å². The lowest BCUT2D eigenvalue weighted by atomic mass is 10.1. The Hall–Kier alpha value is -1.93. The number of amides is 2. The van der Waals surface area contributed by atoms with E-state index in [4.69, 9.17) is 4.74 Å². The van der Waals surface area contributed by atoms with Gasteiger partial charge in [-0.1, -0.05) is 6.92 Å². The Labute approximate surface area is 154 Å². The molecule has 2 N–H and O–H groups in total. The number of ether oxygens (including phenoxy) is 1. The molecule has 1 fully saturated rings. The molecule has 8 heteroatoms. The molecule has 1 aromatic heterocycles. The zero-order chi connectivity index (χ0) is 18.4. The Balaban J connectivity index is 1.65. The van der Waals surface area contributed by atoms with Gasteiger partial charge >= 0.3 is 0 Å². The summed E-state index contributed by atoms with van der Waals surface area (Å²) in [5.74, 6) is -0.0101. The van der Waals surface area contributed by atoms with Crippen LogP contribution in [0.3, 0.4) is 0 Å². The van der Waals surface area contributed by atoms with E-state index in [-0.39, 0.29) is 11.8 Å². The normalized spacial score (nSPS) is 17.6. The fraction of sp³-hybridized carbons (Fsp3) is 0.722. The molecule has 2 aliphatic heterocycles. The maximum atomic E-state index is 12.6. The van der Waals surface area contributed by atoms with Crippen molar-refractivity contribution in [1.82, 2.24) is 25.1 Å². The average Bonchev–Trinajstić information content (AvgIpc) is 3.07. The number of rotatable bonds is 7. The minimum absolute atomic E-state index is 0.176. The van der Waals surface area contributed by atoms with Crippen LogP contribution in [0.5, 0.6) is 0 Å². The summed E-state index contributed by atoms with van der Waals surface area (Å²) in [4.78, 5) is 31.7. The molecule has 0 aromatic carbocycles. The van der Waals surface area contributed by atoms with Gasteiger partial charge in [0, 0.05) is 39.3 Å². The second kappa shape index (κ2) is 9.14. The van der Waals surface area contributed by atoms with Crippen molar-refractivity contribution in [3.8, 4) is 0 Å². The molecule has 0 unspecified atom stereocenters. The average molecular weight is 363 g/mol. The topological polar surface area (TPSA) is 88.5 Å². The van der Waals surface area contributed by atoms with Gasteiger partial charge in [-0.3, -0.25) is 14.5 Å². The van der Waals surface area contributed by atoms with Crippen molar-refractivity contribution in [1.29, 1.82) is 0 Å². The Morgan fingerprint density at radius 2 is 1.85 bits per heavy atom. The summed E-state index contributed by atoms with van der Waals surface area (Å²) in [5.41, 5.74) is 1.31. The lowest BCUT2D eigenvalue weighted by Gasteiger charge is -2.26. The van der Waals surface area contributed by atoms with E-state index >= 15 is 0 Å². The first-order chi connectivity index (χ1) is 12.7.